The van der Waals surface area contributed by atoms with Crippen molar-refractivity contribution in [1.29, 1.82) is 0 Å². The molecule has 1 aromatic carbocycles. The average molecular weight is 373 g/mol. The molecule has 1 fully saturated rings. The van der Waals surface area contributed by atoms with Crippen molar-refractivity contribution in [3.63, 3.8) is 0 Å². The molecule has 1 heterocycles. The summed E-state index contributed by atoms with van der Waals surface area (Å²) in [5.41, 5.74) is 3.64. The molecule has 2 aliphatic rings. The molecule has 0 aromatic heterocycles. The van der Waals surface area contributed by atoms with E-state index in [1.807, 2.05) is 6.07 Å². The van der Waals surface area contributed by atoms with E-state index in [9.17, 15) is 13.2 Å². The predicted octanol–water partition coefficient (Wildman–Crippen LogP) is 2.08. The summed E-state index contributed by atoms with van der Waals surface area (Å²) in [4.78, 5) is 11.9. The molecule has 1 aliphatic heterocycles. The van der Waals surface area contributed by atoms with E-state index in [1.54, 1.807) is 0 Å². The van der Waals surface area contributed by atoms with Gasteiger partial charge in [-0.25, -0.2) is 8.42 Å². The third-order valence-corrected chi connectivity index (χ3v) is 7.08. The number of hydrogen-bond acceptors (Lipinski definition) is 4. The van der Waals surface area contributed by atoms with E-state index in [1.165, 1.54) is 11.1 Å². The maximum atomic E-state index is 12.2. The summed E-state index contributed by atoms with van der Waals surface area (Å²) in [7, 11) is -3.12. The summed E-state index contributed by atoms with van der Waals surface area (Å²) in [6.07, 6.45) is 3.55. The molecule has 1 aromatic rings. The second-order valence-electron chi connectivity index (χ2n) is 6.51. The fourth-order valence-corrected chi connectivity index (χ4v) is 5.25. The Morgan fingerprint density at radius 3 is 2.62 bits per heavy atom. The summed E-state index contributed by atoms with van der Waals surface area (Å²) in [6, 6.07) is 6.20. The summed E-state index contributed by atoms with van der Waals surface area (Å²) >= 11 is 0. The highest BCUT2D eigenvalue weighted by Gasteiger charge is 2.28. The normalized spacial score (nSPS) is 17.3. The van der Waals surface area contributed by atoms with E-state index in [2.05, 4.69) is 22.8 Å². The number of carbonyl (C=O) groups is 1. The SMILES string of the molecule is Cl.O=C(CCS(=O)(=O)C1CCCC1)NCc1ccc2c(c1)CNC2. The van der Waals surface area contributed by atoms with Gasteiger partial charge < -0.3 is 10.6 Å². The molecule has 5 nitrogen and oxygen atoms in total. The van der Waals surface area contributed by atoms with Crippen LogP contribution in [0.2, 0.25) is 0 Å². The Balaban J connectivity index is 0.00000208. The average Bonchev–Trinajstić information content (AvgIpc) is 3.21. The van der Waals surface area contributed by atoms with Gasteiger partial charge in [-0.1, -0.05) is 31.0 Å². The van der Waals surface area contributed by atoms with Crippen LogP contribution >= 0.6 is 12.4 Å². The molecule has 0 radical (unpaired) electrons. The quantitative estimate of drug-likeness (QED) is 0.801. The lowest BCUT2D eigenvalue weighted by Gasteiger charge is -2.11. The minimum atomic E-state index is -3.12. The van der Waals surface area contributed by atoms with Crippen LogP contribution in [0.5, 0.6) is 0 Å². The maximum absolute atomic E-state index is 12.2. The third kappa shape index (κ3) is 4.71. The zero-order valence-corrected chi connectivity index (χ0v) is 15.3. The van der Waals surface area contributed by atoms with Crippen LogP contribution in [-0.4, -0.2) is 25.3 Å². The van der Waals surface area contributed by atoms with Gasteiger partial charge in [0, 0.05) is 26.1 Å². The van der Waals surface area contributed by atoms with Gasteiger partial charge in [-0.2, -0.15) is 0 Å². The predicted molar refractivity (Wildman–Crippen MR) is 96.7 cm³/mol. The second kappa shape index (κ2) is 8.32. The van der Waals surface area contributed by atoms with Crippen molar-refractivity contribution in [1.82, 2.24) is 10.6 Å². The van der Waals surface area contributed by atoms with Crippen LogP contribution in [0.4, 0.5) is 0 Å². The van der Waals surface area contributed by atoms with Gasteiger partial charge in [0.25, 0.3) is 0 Å². The Labute approximate surface area is 149 Å². The van der Waals surface area contributed by atoms with Gasteiger partial charge in [0.2, 0.25) is 5.91 Å². The number of amides is 1. The van der Waals surface area contributed by atoms with Crippen molar-refractivity contribution in [2.75, 3.05) is 5.75 Å². The number of benzene rings is 1. The van der Waals surface area contributed by atoms with Gasteiger partial charge in [0.05, 0.1) is 11.0 Å². The summed E-state index contributed by atoms with van der Waals surface area (Å²) in [6.45, 7) is 2.23. The van der Waals surface area contributed by atoms with E-state index < -0.39 is 9.84 Å². The number of rotatable bonds is 6. The molecule has 0 spiro atoms. The van der Waals surface area contributed by atoms with Crippen LogP contribution in [-0.2, 0) is 34.3 Å². The Morgan fingerprint density at radius 2 is 1.88 bits per heavy atom. The zero-order chi connectivity index (χ0) is 16.3. The van der Waals surface area contributed by atoms with Crippen molar-refractivity contribution in [3.05, 3.63) is 34.9 Å². The highest BCUT2D eigenvalue weighted by Crippen LogP contribution is 2.25. The van der Waals surface area contributed by atoms with Crippen LogP contribution in [0.3, 0.4) is 0 Å². The largest absolute Gasteiger partial charge is 0.352 e. The van der Waals surface area contributed by atoms with Crippen molar-refractivity contribution in [2.24, 2.45) is 0 Å². The van der Waals surface area contributed by atoms with Crippen molar-refractivity contribution >= 4 is 28.2 Å². The molecule has 0 atom stereocenters. The van der Waals surface area contributed by atoms with E-state index in [0.29, 0.717) is 6.54 Å². The Kier molecular flexibility index (Phi) is 6.66. The van der Waals surface area contributed by atoms with E-state index >= 15 is 0 Å². The van der Waals surface area contributed by atoms with Crippen LogP contribution < -0.4 is 10.6 Å². The number of carbonyl (C=O) groups excluding carboxylic acids is 1. The summed E-state index contributed by atoms with van der Waals surface area (Å²) in [5, 5.41) is 5.90. The van der Waals surface area contributed by atoms with Crippen molar-refractivity contribution in [3.8, 4) is 0 Å². The lowest BCUT2D eigenvalue weighted by atomic mass is 10.1. The lowest BCUT2D eigenvalue weighted by Crippen LogP contribution is -2.28. The first-order valence-electron chi connectivity index (χ1n) is 8.34. The number of fused-ring (bicyclic) bond motifs is 1. The number of halogens is 1. The van der Waals surface area contributed by atoms with Gasteiger partial charge in [-0.3, -0.25) is 4.79 Å². The molecule has 0 unspecified atom stereocenters. The molecule has 1 aliphatic carbocycles. The molecule has 24 heavy (non-hydrogen) atoms. The Morgan fingerprint density at radius 1 is 1.17 bits per heavy atom. The fourth-order valence-electron chi connectivity index (χ4n) is 3.40. The Bertz CT molecular complexity index is 685. The molecule has 0 bridgehead atoms. The number of sulfone groups is 1. The van der Waals surface area contributed by atoms with E-state index in [0.717, 1.165) is 44.3 Å². The first-order chi connectivity index (χ1) is 11.0. The highest BCUT2D eigenvalue weighted by molar-refractivity contribution is 7.92. The molecule has 7 heteroatoms. The molecule has 2 N–H and O–H groups in total. The van der Waals surface area contributed by atoms with Gasteiger partial charge in [0.1, 0.15) is 0 Å². The minimum absolute atomic E-state index is 0. The summed E-state index contributed by atoms with van der Waals surface area (Å²) < 4.78 is 24.3. The highest BCUT2D eigenvalue weighted by atomic mass is 35.5. The monoisotopic (exact) mass is 372 g/mol. The number of hydrogen-bond donors (Lipinski definition) is 2. The fraction of sp³-hybridized carbons (Fsp3) is 0.588. The molecule has 0 saturated heterocycles. The van der Waals surface area contributed by atoms with Crippen molar-refractivity contribution in [2.45, 2.75) is 57.0 Å². The van der Waals surface area contributed by atoms with Crippen LogP contribution in [0.1, 0.15) is 48.8 Å². The molecular formula is C17H25ClN2O3S. The van der Waals surface area contributed by atoms with Crippen LogP contribution in [0.25, 0.3) is 0 Å². The Hall–Kier alpha value is -1.11. The van der Waals surface area contributed by atoms with Gasteiger partial charge in [-0.15, -0.1) is 12.4 Å². The minimum Gasteiger partial charge on any atom is -0.352 e. The third-order valence-electron chi connectivity index (χ3n) is 4.81. The second-order valence-corrected chi connectivity index (χ2v) is 8.91. The molecule has 1 saturated carbocycles. The first kappa shape index (κ1) is 19.2. The van der Waals surface area contributed by atoms with Gasteiger partial charge in [0.15, 0.2) is 9.84 Å². The number of nitrogens with one attached hydrogen (secondary N) is 2. The van der Waals surface area contributed by atoms with Crippen LogP contribution in [0, 0.1) is 0 Å². The smallest absolute Gasteiger partial charge is 0.221 e. The molecular weight excluding hydrogens is 348 g/mol. The standard InChI is InChI=1S/C17H24N2O3S.ClH/c20-17(7-8-23(21,22)16-3-1-2-4-16)19-10-13-5-6-14-11-18-12-15(14)9-13;/h5-6,9,16,18H,1-4,7-8,10-12H2,(H,19,20);1H. The van der Waals surface area contributed by atoms with Crippen molar-refractivity contribution < 1.29 is 13.2 Å². The van der Waals surface area contributed by atoms with Crippen LogP contribution in [0.15, 0.2) is 18.2 Å². The summed E-state index contributed by atoms with van der Waals surface area (Å²) in [5.74, 6) is -0.220. The van der Waals surface area contributed by atoms with Gasteiger partial charge in [-0.05, 0) is 29.5 Å². The van der Waals surface area contributed by atoms with Gasteiger partial charge >= 0.3 is 0 Å². The first-order valence-corrected chi connectivity index (χ1v) is 10.1. The topological polar surface area (TPSA) is 75.3 Å². The lowest BCUT2D eigenvalue weighted by molar-refractivity contribution is -0.120. The van der Waals surface area contributed by atoms with E-state index in [-0.39, 0.29) is 35.7 Å². The zero-order valence-electron chi connectivity index (χ0n) is 13.7. The maximum Gasteiger partial charge on any atom is 0.221 e. The van der Waals surface area contributed by atoms with E-state index in [4.69, 9.17) is 0 Å². The molecule has 1 amide bonds. The molecule has 3 rings (SSSR count). The molecule has 134 valence electrons.